The van der Waals surface area contributed by atoms with Gasteiger partial charge < -0.3 is 24.6 Å². The van der Waals surface area contributed by atoms with E-state index in [0.717, 1.165) is 36.8 Å². The molecule has 2 N–H and O–H groups in total. The molecule has 1 saturated carbocycles. The summed E-state index contributed by atoms with van der Waals surface area (Å²) in [6.07, 6.45) is 3.48. The highest BCUT2D eigenvalue weighted by Crippen LogP contribution is 2.38. The van der Waals surface area contributed by atoms with E-state index in [1.54, 1.807) is 0 Å². The zero-order chi connectivity index (χ0) is 25.3. The maximum Gasteiger partial charge on any atom is 0.102 e. The van der Waals surface area contributed by atoms with E-state index in [1.807, 2.05) is 50.4 Å². The van der Waals surface area contributed by atoms with E-state index < -0.39 is 5.60 Å². The van der Waals surface area contributed by atoms with Gasteiger partial charge in [-0.15, -0.1) is 0 Å². The zero-order valence-electron chi connectivity index (χ0n) is 22.2. The van der Waals surface area contributed by atoms with Crippen molar-refractivity contribution in [1.82, 2.24) is 5.32 Å². The van der Waals surface area contributed by atoms with E-state index in [2.05, 4.69) is 50.4 Å². The van der Waals surface area contributed by atoms with E-state index >= 15 is 0 Å². The van der Waals surface area contributed by atoms with Gasteiger partial charge in [-0.25, -0.2) is 0 Å². The summed E-state index contributed by atoms with van der Waals surface area (Å²) < 4.78 is 19.3. The fourth-order valence-corrected chi connectivity index (χ4v) is 4.75. The minimum absolute atomic E-state index is 0.0333. The van der Waals surface area contributed by atoms with Gasteiger partial charge in [0.25, 0.3) is 0 Å². The molecule has 0 aromatic heterocycles. The minimum atomic E-state index is -0.951. The van der Waals surface area contributed by atoms with Crippen LogP contribution in [0, 0.1) is 5.41 Å². The second-order valence-corrected chi connectivity index (χ2v) is 10.8. The lowest BCUT2D eigenvalue weighted by atomic mass is 9.73. The Balaban J connectivity index is 1.71. The third-order valence-corrected chi connectivity index (χ3v) is 7.70. The van der Waals surface area contributed by atoms with Gasteiger partial charge in [0, 0.05) is 6.42 Å². The van der Waals surface area contributed by atoms with E-state index in [0.29, 0.717) is 13.2 Å². The molecule has 194 valence electrons. The van der Waals surface area contributed by atoms with Crippen LogP contribution in [-0.4, -0.2) is 48.7 Å². The van der Waals surface area contributed by atoms with Crippen LogP contribution in [0.15, 0.2) is 60.7 Å². The quantitative estimate of drug-likeness (QED) is 0.371. The van der Waals surface area contributed by atoms with Crippen LogP contribution in [0.5, 0.6) is 0 Å². The average molecular weight is 484 g/mol. The van der Waals surface area contributed by atoms with Gasteiger partial charge in [-0.1, -0.05) is 94.3 Å². The first-order chi connectivity index (χ1) is 16.8. The van der Waals surface area contributed by atoms with Crippen LogP contribution >= 0.6 is 0 Å². The van der Waals surface area contributed by atoms with Gasteiger partial charge in [-0.3, -0.25) is 0 Å². The number of likely N-dealkylation sites (N-methyl/N-ethyl adjacent to an activating group) is 1. The summed E-state index contributed by atoms with van der Waals surface area (Å²) in [5.74, 6) is 0. The third-order valence-electron chi connectivity index (χ3n) is 7.70. The van der Waals surface area contributed by atoms with Gasteiger partial charge in [0.05, 0.1) is 43.7 Å². The van der Waals surface area contributed by atoms with Crippen molar-refractivity contribution in [3.05, 3.63) is 71.8 Å². The first-order valence-corrected chi connectivity index (χ1v) is 13.1. The van der Waals surface area contributed by atoms with Gasteiger partial charge in [-0.2, -0.15) is 0 Å². The molecule has 5 atom stereocenters. The number of aliphatic hydroxyl groups is 1. The zero-order valence-corrected chi connectivity index (χ0v) is 22.2. The van der Waals surface area contributed by atoms with Crippen molar-refractivity contribution >= 4 is 0 Å². The van der Waals surface area contributed by atoms with Crippen molar-refractivity contribution in [2.24, 2.45) is 5.41 Å². The van der Waals surface area contributed by atoms with E-state index in [1.165, 1.54) is 0 Å². The molecule has 1 fully saturated rings. The number of ether oxygens (including phenoxy) is 3. The van der Waals surface area contributed by atoms with Crippen molar-refractivity contribution in [2.75, 3.05) is 13.7 Å². The summed E-state index contributed by atoms with van der Waals surface area (Å²) in [4.78, 5) is 0. The van der Waals surface area contributed by atoms with Crippen molar-refractivity contribution in [1.29, 1.82) is 0 Å². The second-order valence-electron chi connectivity index (χ2n) is 10.8. The predicted molar refractivity (Wildman–Crippen MR) is 141 cm³/mol. The number of hydrogen-bond acceptors (Lipinski definition) is 5. The summed E-state index contributed by atoms with van der Waals surface area (Å²) in [7, 11) is 1.95. The molecule has 2 aromatic carbocycles. The molecular formula is C30H45NO4. The molecule has 0 radical (unpaired) electrons. The van der Waals surface area contributed by atoms with Crippen LogP contribution in [0.3, 0.4) is 0 Å². The molecule has 0 bridgehead atoms. The molecule has 2 aromatic rings. The Morgan fingerprint density at radius 3 is 1.91 bits per heavy atom. The summed E-state index contributed by atoms with van der Waals surface area (Å²) >= 11 is 0. The number of benzene rings is 2. The Kier molecular flexibility index (Phi) is 10.3. The van der Waals surface area contributed by atoms with Crippen LogP contribution in [0.1, 0.15) is 64.5 Å². The standard InChI is InChI=1S/C30H45NO4/c1-6-7-18-29(2,3)30(4,32)22-35-28-26(34-21-24-16-12-9-13-17-24)19-25(27(28)31-5)33-20-23-14-10-8-11-15-23/h8-17,25-28,31-32H,6-7,18-22H2,1-5H3/t25-,26+,27+,28+,30?/m0/s1. The number of hydrogen-bond donors (Lipinski definition) is 2. The lowest BCUT2D eigenvalue weighted by Gasteiger charge is -2.41. The maximum absolute atomic E-state index is 11.4. The molecular weight excluding hydrogens is 438 g/mol. The van der Waals surface area contributed by atoms with Crippen LogP contribution in [0.2, 0.25) is 0 Å². The van der Waals surface area contributed by atoms with Gasteiger partial charge in [0.1, 0.15) is 6.10 Å². The Morgan fingerprint density at radius 2 is 1.40 bits per heavy atom. The molecule has 1 aliphatic rings. The highest BCUT2D eigenvalue weighted by atomic mass is 16.6. The molecule has 0 saturated heterocycles. The molecule has 35 heavy (non-hydrogen) atoms. The predicted octanol–water partition coefficient (Wildman–Crippen LogP) is 5.50. The van der Waals surface area contributed by atoms with Gasteiger partial charge >= 0.3 is 0 Å². The number of unbranched alkanes of at least 4 members (excludes halogenated alkanes) is 1. The number of nitrogens with one attached hydrogen (secondary N) is 1. The topological polar surface area (TPSA) is 60.0 Å². The fraction of sp³-hybridized carbons (Fsp3) is 0.600. The molecule has 0 heterocycles. The fourth-order valence-electron chi connectivity index (χ4n) is 4.75. The van der Waals surface area contributed by atoms with E-state index in [-0.39, 0.29) is 36.4 Å². The molecule has 0 aliphatic heterocycles. The molecule has 3 rings (SSSR count). The molecule has 1 unspecified atom stereocenters. The summed E-state index contributed by atoms with van der Waals surface area (Å²) in [6.45, 7) is 9.66. The summed E-state index contributed by atoms with van der Waals surface area (Å²) in [5, 5.41) is 14.8. The van der Waals surface area contributed by atoms with Crippen molar-refractivity contribution in [3.63, 3.8) is 0 Å². The Hall–Kier alpha value is -1.76. The van der Waals surface area contributed by atoms with Gasteiger partial charge in [0.2, 0.25) is 0 Å². The normalized spacial score (nSPS) is 24.4. The van der Waals surface area contributed by atoms with Crippen LogP contribution in [0.4, 0.5) is 0 Å². The summed E-state index contributed by atoms with van der Waals surface area (Å²) in [5.41, 5.74) is 1.08. The van der Waals surface area contributed by atoms with Gasteiger partial charge in [0.15, 0.2) is 0 Å². The van der Waals surface area contributed by atoms with Crippen molar-refractivity contribution in [3.8, 4) is 0 Å². The lowest BCUT2D eigenvalue weighted by Crippen LogP contribution is -2.51. The average Bonchev–Trinajstić information content (AvgIpc) is 3.21. The first kappa shape index (κ1) is 27.8. The smallest absolute Gasteiger partial charge is 0.102 e. The van der Waals surface area contributed by atoms with Crippen molar-refractivity contribution in [2.45, 2.75) is 96.5 Å². The van der Waals surface area contributed by atoms with E-state index in [9.17, 15) is 5.11 Å². The Labute approximate surface area is 212 Å². The highest BCUT2D eigenvalue weighted by molar-refractivity contribution is 5.15. The minimum Gasteiger partial charge on any atom is -0.387 e. The Morgan fingerprint density at radius 1 is 0.857 bits per heavy atom. The van der Waals surface area contributed by atoms with Gasteiger partial charge in [-0.05, 0) is 36.9 Å². The third kappa shape index (κ3) is 7.61. The largest absolute Gasteiger partial charge is 0.387 e. The molecule has 1 aliphatic carbocycles. The first-order valence-electron chi connectivity index (χ1n) is 13.1. The number of rotatable bonds is 14. The lowest BCUT2D eigenvalue weighted by molar-refractivity contribution is -0.151. The van der Waals surface area contributed by atoms with Crippen molar-refractivity contribution < 1.29 is 19.3 Å². The van der Waals surface area contributed by atoms with Crippen LogP contribution in [0.25, 0.3) is 0 Å². The molecule has 5 heteroatoms. The Bertz CT molecular complexity index is 855. The summed E-state index contributed by atoms with van der Waals surface area (Å²) in [6, 6.07) is 20.4. The highest BCUT2D eigenvalue weighted by Gasteiger charge is 2.47. The van der Waals surface area contributed by atoms with Crippen LogP contribution < -0.4 is 5.32 Å². The molecule has 5 nitrogen and oxygen atoms in total. The maximum atomic E-state index is 11.4. The molecule has 0 amide bonds. The monoisotopic (exact) mass is 483 g/mol. The molecule has 0 spiro atoms. The second kappa shape index (κ2) is 13.0. The van der Waals surface area contributed by atoms with E-state index in [4.69, 9.17) is 14.2 Å². The van der Waals surface area contributed by atoms with Crippen LogP contribution in [-0.2, 0) is 27.4 Å². The SMILES string of the molecule is CCCCC(C)(C)C(C)(O)CO[C@H]1[C@H](NC)[C@@H](OCc2ccccc2)C[C@H]1OCc1ccccc1.